The van der Waals surface area contributed by atoms with Crippen LogP contribution in [-0.4, -0.2) is 82.4 Å². The zero-order chi connectivity index (χ0) is 24.1. The molecule has 0 bridgehead atoms. The average Bonchev–Trinajstić information content (AvgIpc) is 2.84. The van der Waals surface area contributed by atoms with Crippen molar-refractivity contribution in [1.82, 2.24) is 19.9 Å². The van der Waals surface area contributed by atoms with E-state index >= 15 is 0 Å². The Morgan fingerprint density at radius 3 is 2.65 bits per heavy atom. The molecule has 2 fully saturated rings. The second kappa shape index (κ2) is 11.1. The SMILES string of the molecule is CCC(F)CNc1ncc(-c2ccc(N3CCN(C)CC3=O)cn2)c(NC2CCC(O)CC2)n1. The molecule has 184 valence electrons. The lowest BCUT2D eigenvalue weighted by molar-refractivity contribution is -0.120. The van der Waals surface area contributed by atoms with E-state index in [1.807, 2.05) is 24.1 Å². The van der Waals surface area contributed by atoms with Gasteiger partial charge in [0.2, 0.25) is 11.9 Å². The fraction of sp³-hybridized carbons (Fsp3) is 0.583. The third-order valence-electron chi connectivity index (χ3n) is 6.50. The number of carbonyl (C=O) groups excluding carboxylic acids is 1. The molecule has 0 radical (unpaired) electrons. The minimum Gasteiger partial charge on any atom is -0.393 e. The smallest absolute Gasteiger partial charge is 0.241 e. The number of halogens is 1. The highest BCUT2D eigenvalue weighted by molar-refractivity contribution is 5.95. The lowest BCUT2D eigenvalue weighted by Gasteiger charge is -2.32. The van der Waals surface area contributed by atoms with Crippen LogP contribution in [0.4, 0.5) is 21.8 Å². The van der Waals surface area contributed by atoms with Gasteiger partial charge in [-0.15, -0.1) is 0 Å². The number of piperazine rings is 1. The van der Waals surface area contributed by atoms with Gasteiger partial charge in [-0.25, -0.2) is 9.37 Å². The van der Waals surface area contributed by atoms with Crippen LogP contribution in [-0.2, 0) is 4.79 Å². The van der Waals surface area contributed by atoms with Gasteiger partial charge in [0.05, 0.1) is 35.8 Å². The van der Waals surface area contributed by atoms with Crippen molar-refractivity contribution < 1.29 is 14.3 Å². The molecule has 2 aromatic heterocycles. The first kappa shape index (κ1) is 24.3. The predicted octanol–water partition coefficient (Wildman–Crippen LogP) is 2.69. The summed E-state index contributed by atoms with van der Waals surface area (Å²) in [4.78, 5) is 29.8. The van der Waals surface area contributed by atoms with E-state index in [1.54, 1.807) is 24.2 Å². The maximum Gasteiger partial charge on any atom is 0.241 e. The van der Waals surface area contributed by atoms with Crippen molar-refractivity contribution in [2.24, 2.45) is 0 Å². The topological polar surface area (TPSA) is 107 Å². The molecule has 1 saturated carbocycles. The minimum atomic E-state index is -0.967. The van der Waals surface area contributed by atoms with E-state index in [0.29, 0.717) is 37.0 Å². The number of hydrogen-bond acceptors (Lipinski definition) is 8. The number of anilines is 3. The molecule has 2 aliphatic rings. The Kier molecular flexibility index (Phi) is 7.89. The maximum atomic E-state index is 13.7. The van der Waals surface area contributed by atoms with E-state index in [1.165, 1.54) is 0 Å². The number of rotatable bonds is 8. The molecule has 4 rings (SSSR count). The summed E-state index contributed by atoms with van der Waals surface area (Å²) >= 11 is 0. The molecule has 9 nitrogen and oxygen atoms in total. The van der Waals surface area contributed by atoms with E-state index in [0.717, 1.165) is 43.5 Å². The van der Waals surface area contributed by atoms with E-state index < -0.39 is 6.17 Å². The lowest BCUT2D eigenvalue weighted by Crippen LogP contribution is -2.48. The van der Waals surface area contributed by atoms with E-state index in [4.69, 9.17) is 0 Å². The number of nitrogens with zero attached hydrogens (tertiary/aromatic N) is 5. The summed E-state index contributed by atoms with van der Waals surface area (Å²) < 4.78 is 13.7. The molecule has 0 spiro atoms. The summed E-state index contributed by atoms with van der Waals surface area (Å²) in [5.74, 6) is 1.04. The van der Waals surface area contributed by atoms with Crippen molar-refractivity contribution in [2.45, 2.75) is 57.3 Å². The minimum absolute atomic E-state index is 0.0575. The van der Waals surface area contributed by atoms with E-state index in [9.17, 15) is 14.3 Å². The molecule has 3 heterocycles. The van der Waals surface area contributed by atoms with Gasteiger partial charge in [-0.1, -0.05) is 6.92 Å². The van der Waals surface area contributed by atoms with Crippen LogP contribution in [0, 0.1) is 0 Å². The Bertz CT molecular complexity index is 966. The molecule has 1 saturated heterocycles. The Morgan fingerprint density at radius 1 is 1.18 bits per heavy atom. The van der Waals surface area contributed by atoms with Crippen molar-refractivity contribution in [3.8, 4) is 11.3 Å². The summed E-state index contributed by atoms with van der Waals surface area (Å²) in [5, 5.41) is 16.3. The lowest BCUT2D eigenvalue weighted by atomic mass is 9.93. The summed E-state index contributed by atoms with van der Waals surface area (Å²) in [6, 6.07) is 3.95. The van der Waals surface area contributed by atoms with Gasteiger partial charge in [0.15, 0.2) is 0 Å². The maximum absolute atomic E-state index is 13.7. The van der Waals surface area contributed by atoms with Gasteiger partial charge < -0.3 is 20.6 Å². The number of aromatic nitrogens is 3. The van der Waals surface area contributed by atoms with Gasteiger partial charge in [0.25, 0.3) is 0 Å². The molecule has 1 aliphatic heterocycles. The van der Waals surface area contributed by atoms with Gasteiger partial charge >= 0.3 is 0 Å². The molecule has 2 aromatic rings. The second-order valence-electron chi connectivity index (χ2n) is 9.18. The van der Waals surface area contributed by atoms with Gasteiger partial charge in [-0.05, 0) is 51.3 Å². The number of aliphatic hydroxyl groups is 1. The summed E-state index contributed by atoms with van der Waals surface area (Å²) in [6.07, 6.45) is 5.78. The number of amides is 1. The first-order chi connectivity index (χ1) is 16.4. The Morgan fingerprint density at radius 2 is 1.97 bits per heavy atom. The molecule has 1 aliphatic carbocycles. The first-order valence-corrected chi connectivity index (χ1v) is 12.1. The fourth-order valence-corrected chi connectivity index (χ4v) is 4.29. The zero-order valence-electron chi connectivity index (χ0n) is 19.9. The number of carbonyl (C=O) groups is 1. The molecular formula is C24H34FN7O2. The summed E-state index contributed by atoms with van der Waals surface area (Å²) in [5.41, 5.74) is 2.19. The van der Waals surface area contributed by atoms with Crippen molar-refractivity contribution in [3.63, 3.8) is 0 Å². The summed E-state index contributed by atoms with van der Waals surface area (Å²) in [6.45, 7) is 3.79. The average molecular weight is 472 g/mol. The number of likely N-dealkylation sites (N-methyl/N-ethyl adjacent to an activating group) is 1. The van der Waals surface area contributed by atoms with Crippen LogP contribution in [0.3, 0.4) is 0 Å². The molecule has 10 heteroatoms. The molecule has 1 unspecified atom stereocenters. The van der Waals surface area contributed by atoms with Crippen molar-refractivity contribution >= 4 is 23.4 Å². The molecule has 0 aromatic carbocycles. The Balaban J connectivity index is 1.55. The number of nitrogens with one attached hydrogen (secondary N) is 2. The normalized spacial score (nSPS) is 22.5. The highest BCUT2D eigenvalue weighted by atomic mass is 19.1. The predicted molar refractivity (Wildman–Crippen MR) is 131 cm³/mol. The standard InChI is InChI=1S/C24H34FN7O2/c1-3-16(25)12-27-24-28-14-20(23(30-24)29-17-4-7-19(33)8-5-17)21-9-6-18(13-26-21)32-11-10-31(2)15-22(32)34/h6,9,13-14,16-17,19,33H,3-5,7-8,10-12,15H2,1-2H3,(H2,27,28,29,30). The van der Waals surface area contributed by atoms with Crippen LogP contribution in [0.2, 0.25) is 0 Å². The largest absolute Gasteiger partial charge is 0.393 e. The molecule has 3 N–H and O–H groups in total. The Hall–Kier alpha value is -2.85. The third-order valence-corrected chi connectivity index (χ3v) is 6.50. The first-order valence-electron chi connectivity index (χ1n) is 12.1. The second-order valence-corrected chi connectivity index (χ2v) is 9.18. The van der Waals surface area contributed by atoms with Crippen molar-refractivity contribution in [3.05, 3.63) is 24.5 Å². The monoisotopic (exact) mass is 471 g/mol. The van der Waals surface area contributed by atoms with E-state index in [-0.39, 0.29) is 24.6 Å². The van der Waals surface area contributed by atoms with Gasteiger partial charge in [-0.2, -0.15) is 4.98 Å². The number of alkyl halides is 1. The number of aliphatic hydroxyl groups excluding tert-OH is 1. The Labute approximate surface area is 199 Å². The molecular weight excluding hydrogens is 437 g/mol. The number of hydrogen-bond donors (Lipinski definition) is 3. The van der Waals surface area contributed by atoms with E-state index in [2.05, 4.69) is 25.6 Å². The third kappa shape index (κ3) is 5.98. The van der Waals surface area contributed by atoms with Crippen molar-refractivity contribution in [2.75, 3.05) is 48.8 Å². The summed E-state index contributed by atoms with van der Waals surface area (Å²) in [7, 11) is 1.94. The van der Waals surface area contributed by atoms with Crippen LogP contribution < -0.4 is 15.5 Å². The van der Waals surface area contributed by atoms with Crippen LogP contribution in [0.25, 0.3) is 11.3 Å². The number of pyridine rings is 1. The van der Waals surface area contributed by atoms with Crippen LogP contribution in [0.15, 0.2) is 24.5 Å². The van der Waals surface area contributed by atoms with Crippen LogP contribution >= 0.6 is 0 Å². The fourth-order valence-electron chi connectivity index (χ4n) is 4.29. The van der Waals surface area contributed by atoms with Gasteiger partial charge in [-0.3, -0.25) is 14.7 Å². The van der Waals surface area contributed by atoms with Crippen LogP contribution in [0.5, 0.6) is 0 Å². The molecule has 1 amide bonds. The zero-order valence-corrected chi connectivity index (χ0v) is 19.9. The quantitative estimate of drug-likeness (QED) is 0.540. The highest BCUT2D eigenvalue weighted by Gasteiger charge is 2.24. The molecule has 34 heavy (non-hydrogen) atoms. The van der Waals surface area contributed by atoms with Gasteiger partial charge in [0.1, 0.15) is 12.0 Å². The van der Waals surface area contributed by atoms with Crippen molar-refractivity contribution in [1.29, 1.82) is 0 Å². The molecule has 1 atom stereocenters. The highest BCUT2D eigenvalue weighted by Crippen LogP contribution is 2.30. The van der Waals surface area contributed by atoms with Gasteiger partial charge in [0, 0.05) is 31.9 Å². The van der Waals surface area contributed by atoms with Crippen LogP contribution in [0.1, 0.15) is 39.0 Å².